The van der Waals surface area contributed by atoms with Crippen LogP contribution in [-0.4, -0.2) is 49.2 Å². The summed E-state index contributed by atoms with van der Waals surface area (Å²) >= 11 is 0. The molecule has 2 unspecified atom stereocenters. The van der Waals surface area contributed by atoms with Crippen molar-refractivity contribution in [2.75, 3.05) is 33.0 Å². The fourth-order valence-electron chi connectivity index (χ4n) is 2.22. The van der Waals surface area contributed by atoms with E-state index in [1.807, 2.05) is 0 Å². The van der Waals surface area contributed by atoms with Crippen molar-refractivity contribution < 1.29 is 14.0 Å². The van der Waals surface area contributed by atoms with Crippen molar-refractivity contribution in [1.82, 2.24) is 15.5 Å². The van der Waals surface area contributed by atoms with Crippen LogP contribution in [0.15, 0.2) is 4.52 Å². The van der Waals surface area contributed by atoms with Crippen LogP contribution < -0.4 is 5.32 Å². The molecule has 2 aliphatic heterocycles. The fourth-order valence-corrected chi connectivity index (χ4v) is 2.22. The van der Waals surface area contributed by atoms with Crippen LogP contribution in [-0.2, 0) is 15.9 Å². The Bertz CT molecular complexity index is 357. The molecule has 0 aliphatic carbocycles. The second-order valence-electron chi connectivity index (χ2n) is 4.54. The molecule has 1 aromatic heterocycles. The Balaban J connectivity index is 1.59. The van der Waals surface area contributed by atoms with Gasteiger partial charge in [-0.3, -0.25) is 0 Å². The zero-order valence-electron chi connectivity index (χ0n) is 9.72. The molecule has 6 heteroatoms. The summed E-state index contributed by atoms with van der Waals surface area (Å²) in [7, 11) is 0. The van der Waals surface area contributed by atoms with Crippen LogP contribution in [0.25, 0.3) is 0 Å². The number of aromatic nitrogens is 2. The van der Waals surface area contributed by atoms with E-state index in [1.54, 1.807) is 0 Å². The van der Waals surface area contributed by atoms with E-state index in [4.69, 9.17) is 14.0 Å². The lowest BCUT2D eigenvalue weighted by Gasteiger charge is -2.22. The first-order valence-corrected chi connectivity index (χ1v) is 6.13. The van der Waals surface area contributed by atoms with Crippen LogP contribution in [0.1, 0.15) is 24.1 Å². The number of nitrogens with one attached hydrogen (secondary N) is 1. The molecule has 0 saturated carbocycles. The van der Waals surface area contributed by atoms with E-state index in [-0.39, 0.29) is 6.04 Å². The largest absolute Gasteiger partial charge is 0.381 e. The molecule has 0 amide bonds. The van der Waals surface area contributed by atoms with Gasteiger partial charge in [-0.05, 0) is 6.42 Å². The van der Waals surface area contributed by atoms with Gasteiger partial charge in [0.25, 0.3) is 0 Å². The van der Waals surface area contributed by atoms with E-state index < -0.39 is 0 Å². The van der Waals surface area contributed by atoms with E-state index >= 15 is 0 Å². The number of nitrogens with zero attached hydrogens (tertiary/aromatic N) is 2. The molecule has 2 aliphatic rings. The third kappa shape index (κ3) is 2.65. The Kier molecular flexibility index (Phi) is 3.35. The molecule has 3 heterocycles. The van der Waals surface area contributed by atoms with Gasteiger partial charge < -0.3 is 19.3 Å². The molecule has 3 rings (SSSR count). The summed E-state index contributed by atoms with van der Waals surface area (Å²) in [6, 6.07) is 0.289. The fraction of sp³-hybridized carbons (Fsp3) is 0.818. The molecule has 0 radical (unpaired) electrons. The van der Waals surface area contributed by atoms with Crippen molar-refractivity contribution in [2.24, 2.45) is 0 Å². The third-order valence-corrected chi connectivity index (χ3v) is 3.20. The van der Waals surface area contributed by atoms with Crippen LogP contribution in [0, 0.1) is 0 Å². The molecule has 0 aromatic carbocycles. The minimum absolute atomic E-state index is 0.289. The van der Waals surface area contributed by atoms with Gasteiger partial charge in [0.05, 0.1) is 19.8 Å². The predicted octanol–water partition coefficient (Wildman–Crippen LogP) is 0.104. The number of rotatable bonds is 3. The van der Waals surface area contributed by atoms with Gasteiger partial charge in [0.2, 0.25) is 5.89 Å². The van der Waals surface area contributed by atoms with Crippen LogP contribution in [0.4, 0.5) is 0 Å². The molecule has 94 valence electrons. The van der Waals surface area contributed by atoms with Gasteiger partial charge in [0, 0.05) is 31.5 Å². The highest BCUT2D eigenvalue weighted by atomic mass is 16.5. The summed E-state index contributed by atoms with van der Waals surface area (Å²) in [5.41, 5.74) is 0. The molecule has 1 N–H and O–H groups in total. The molecule has 0 spiro atoms. The van der Waals surface area contributed by atoms with Crippen molar-refractivity contribution in [2.45, 2.75) is 24.8 Å². The average molecular weight is 239 g/mol. The van der Waals surface area contributed by atoms with Crippen LogP contribution in [0.3, 0.4) is 0 Å². The quantitative estimate of drug-likeness (QED) is 0.807. The maximum absolute atomic E-state index is 5.39. The van der Waals surface area contributed by atoms with Gasteiger partial charge in [0.15, 0.2) is 5.82 Å². The molecular formula is C11H17N3O3. The summed E-state index contributed by atoms with van der Waals surface area (Å²) in [4.78, 5) is 4.43. The molecule has 2 fully saturated rings. The number of hydrogen-bond acceptors (Lipinski definition) is 6. The smallest absolute Gasteiger partial charge is 0.228 e. The zero-order chi connectivity index (χ0) is 11.5. The maximum atomic E-state index is 5.39. The highest BCUT2D eigenvalue weighted by molar-refractivity contribution is 4.98. The van der Waals surface area contributed by atoms with E-state index in [1.165, 1.54) is 0 Å². The molecular weight excluding hydrogens is 222 g/mol. The SMILES string of the molecule is C1COCC(Cc2nc(C3CCOC3)no2)N1. The minimum atomic E-state index is 0.289. The van der Waals surface area contributed by atoms with Crippen LogP contribution >= 0.6 is 0 Å². The van der Waals surface area contributed by atoms with E-state index in [0.29, 0.717) is 25.0 Å². The van der Waals surface area contributed by atoms with Gasteiger partial charge in [-0.25, -0.2) is 0 Å². The standard InChI is InChI=1S/C11H17N3O3/c1-3-15-6-8(1)11-13-10(17-14-11)5-9-7-16-4-2-12-9/h8-9,12H,1-7H2. The Hall–Kier alpha value is -0.980. The first kappa shape index (κ1) is 11.1. The van der Waals surface area contributed by atoms with Gasteiger partial charge in [-0.2, -0.15) is 4.98 Å². The van der Waals surface area contributed by atoms with Crippen LogP contribution in [0.2, 0.25) is 0 Å². The molecule has 2 atom stereocenters. The normalized spacial score (nSPS) is 29.6. The van der Waals surface area contributed by atoms with Gasteiger partial charge in [-0.15, -0.1) is 0 Å². The van der Waals surface area contributed by atoms with E-state index in [0.717, 1.165) is 38.4 Å². The van der Waals surface area contributed by atoms with E-state index in [2.05, 4.69) is 15.5 Å². The van der Waals surface area contributed by atoms with Crippen molar-refractivity contribution in [3.8, 4) is 0 Å². The number of morpholine rings is 1. The van der Waals surface area contributed by atoms with Gasteiger partial charge in [0.1, 0.15) is 0 Å². The summed E-state index contributed by atoms with van der Waals surface area (Å²) in [6.45, 7) is 3.90. The zero-order valence-corrected chi connectivity index (χ0v) is 9.72. The van der Waals surface area contributed by atoms with Crippen molar-refractivity contribution >= 4 is 0 Å². The first-order chi connectivity index (χ1) is 8.42. The molecule has 6 nitrogen and oxygen atoms in total. The Labute approximate surface area is 99.7 Å². The summed E-state index contributed by atoms with van der Waals surface area (Å²) < 4.78 is 16.0. The second kappa shape index (κ2) is 5.12. The maximum Gasteiger partial charge on any atom is 0.228 e. The summed E-state index contributed by atoms with van der Waals surface area (Å²) in [5, 5.41) is 7.40. The van der Waals surface area contributed by atoms with Crippen molar-refractivity contribution in [3.05, 3.63) is 11.7 Å². The number of ether oxygens (including phenoxy) is 2. The van der Waals surface area contributed by atoms with Crippen molar-refractivity contribution in [1.29, 1.82) is 0 Å². The Morgan fingerprint density at radius 2 is 2.18 bits per heavy atom. The highest BCUT2D eigenvalue weighted by Crippen LogP contribution is 2.22. The van der Waals surface area contributed by atoms with Gasteiger partial charge in [-0.1, -0.05) is 5.16 Å². The van der Waals surface area contributed by atoms with Gasteiger partial charge >= 0.3 is 0 Å². The molecule has 17 heavy (non-hydrogen) atoms. The van der Waals surface area contributed by atoms with E-state index in [9.17, 15) is 0 Å². The summed E-state index contributed by atoms with van der Waals surface area (Å²) in [6.07, 6.45) is 1.73. The van der Waals surface area contributed by atoms with Crippen molar-refractivity contribution in [3.63, 3.8) is 0 Å². The molecule has 2 saturated heterocycles. The topological polar surface area (TPSA) is 69.4 Å². The predicted molar refractivity (Wildman–Crippen MR) is 58.8 cm³/mol. The average Bonchev–Trinajstić information content (AvgIpc) is 3.00. The first-order valence-electron chi connectivity index (χ1n) is 6.13. The minimum Gasteiger partial charge on any atom is -0.381 e. The Morgan fingerprint density at radius 3 is 2.94 bits per heavy atom. The molecule has 1 aromatic rings. The van der Waals surface area contributed by atoms with Crippen LogP contribution in [0.5, 0.6) is 0 Å². The molecule has 0 bridgehead atoms. The lowest BCUT2D eigenvalue weighted by Crippen LogP contribution is -2.42. The summed E-state index contributed by atoms with van der Waals surface area (Å²) in [5.74, 6) is 1.78. The highest BCUT2D eigenvalue weighted by Gasteiger charge is 2.24. The Morgan fingerprint density at radius 1 is 1.24 bits per heavy atom. The lowest BCUT2D eigenvalue weighted by atomic mass is 10.1. The monoisotopic (exact) mass is 239 g/mol. The second-order valence-corrected chi connectivity index (χ2v) is 4.54. The third-order valence-electron chi connectivity index (χ3n) is 3.20. The number of hydrogen-bond donors (Lipinski definition) is 1. The lowest BCUT2D eigenvalue weighted by molar-refractivity contribution is 0.0744.